The molecule has 0 saturated heterocycles. The molecule has 1 aliphatic heterocycles. The number of nitrogens with zero attached hydrogens (tertiary/aromatic N) is 4. The highest BCUT2D eigenvalue weighted by Crippen LogP contribution is 2.47. The predicted octanol–water partition coefficient (Wildman–Crippen LogP) is 3.79. The Balaban J connectivity index is 1.65. The van der Waals surface area contributed by atoms with Crippen molar-refractivity contribution < 1.29 is 4.42 Å². The van der Waals surface area contributed by atoms with Gasteiger partial charge >= 0.3 is 0 Å². The van der Waals surface area contributed by atoms with Crippen LogP contribution in [0.5, 0.6) is 0 Å². The van der Waals surface area contributed by atoms with Crippen molar-refractivity contribution in [3.8, 4) is 6.07 Å². The second-order valence-corrected chi connectivity index (χ2v) is 6.63. The molecule has 0 aromatic carbocycles. The van der Waals surface area contributed by atoms with Gasteiger partial charge in [-0.25, -0.2) is 0 Å². The number of hydrogen-bond donors (Lipinski definition) is 0. The van der Waals surface area contributed by atoms with Crippen LogP contribution in [-0.4, -0.2) is 14.8 Å². The lowest BCUT2D eigenvalue weighted by molar-refractivity contribution is 0.498. The van der Waals surface area contributed by atoms with E-state index in [1.807, 2.05) is 12.1 Å². The first-order valence-electron chi connectivity index (χ1n) is 8.40. The minimum Gasteiger partial charge on any atom is -0.461 e. The maximum absolute atomic E-state index is 9.56. The molecule has 5 heteroatoms. The quantitative estimate of drug-likeness (QED) is 0.809. The number of nitriles is 1. The summed E-state index contributed by atoms with van der Waals surface area (Å²) in [6.45, 7) is 3.12. The Kier molecular flexibility index (Phi) is 3.53. The van der Waals surface area contributed by atoms with Gasteiger partial charge in [0.25, 0.3) is 0 Å². The maximum atomic E-state index is 9.56. The summed E-state index contributed by atoms with van der Waals surface area (Å²) >= 11 is 0. The van der Waals surface area contributed by atoms with Crippen molar-refractivity contribution in [2.75, 3.05) is 0 Å². The van der Waals surface area contributed by atoms with Gasteiger partial charge in [0.15, 0.2) is 5.82 Å². The Hall–Kier alpha value is -2.35. The minimum atomic E-state index is 0.524. The number of aryl methyl sites for hydroxylation is 1. The van der Waals surface area contributed by atoms with E-state index in [-0.39, 0.29) is 0 Å². The molecule has 2 atom stereocenters. The molecule has 0 unspecified atom stereocenters. The summed E-state index contributed by atoms with van der Waals surface area (Å²) in [5.74, 6) is 4.67. The average molecular weight is 308 g/mol. The van der Waals surface area contributed by atoms with Gasteiger partial charge < -0.3 is 8.98 Å². The van der Waals surface area contributed by atoms with E-state index in [0.29, 0.717) is 23.2 Å². The van der Waals surface area contributed by atoms with E-state index in [1.165, 1.54) is 12.8 Å². The molecule has 1 fully saturated rings. The topological polar surface area (TPSA) is 67.6 Å². The van der Waals surface area contributed by atoms with Crippen LogP contribution in [0.25, 0.3) is 11.6 Å². The van der Waals surface area contributed by atoms with Gasteiger partial charge in [-0.15, -0.1) is 10.2 Å². The summed E-state index contributed by atoms with van der Waals surface area (Å²) in [7, 11) is 0. The fourth-order valence-electron chi connectivity index (χ4n) is 3.34. The van der Waals surface area contributed by atoms with Crippen molar-refractivity contribution in [3.05, 3.63) is 35.3 Å². The standard InChI is InChI=1S/C18H20N4O/c1-12-9-15(12)16-7-6-14(23-16)10-13(11-19)18-21-20-17-5-3-2-4-8-22(17)18/h6-7,10,12,15H,2-5,8-9H2,1H3/b13-10+/t12-,15-/m1/s1. The normalized spacial score (nSPS) is 23.9. The van der Waals surface area contributed by atoms with E-state index in [9.17, 15) is 5.26 Å². The molecule has 1 saturated carbocycles. The van der Waals surface area contributed by atoms with Crippen LogP contribution in [0.3, 0.4) is 0 Å². The van der Waals surface area contributed by atoms with E-state index in [2.05, 4.69) is 27.8 Å². The van der Waals surface area contributed by atoms with Crippen LogP contribution in [0.1, 0.15) is 61.7 Å². The van der Waals surface area contributed by atoms with Gasteiger partial charge in [-0.2, -0.15) is 5.26 Å². The summed E-state index contributed by atoms with van der Waals surface area (Å²) in [6.07, 6.45) is 7.38. The Morgan fingerprint density at radius 1 is 1.35 bits per heavy atom. The number of aromatic nitrogens is 3. The van der Waals surface area contributed by atoms with Gasteiger partial charge in [0.1, 0.15) is 29.0 Å². The molecule has 0 radical (unpaired) electrons. The molecule has 118 valence electrons. The van der Waals surface area contributed by atoms with Gasteiger partial charge in [-0.1, -0.05) is 13.3 Å². The SMILES string of the molecule is C[C@@H]1C[C@H]1c1ccc(/C=C(\C#N)c2nnc3n2CCCCC3)o1. The highest BCUT2D eigenvalue weighted by molar-refractivity contribution is 5.86. The van der Waals surface area contributed by atoms with Crippen molar-refractivity contribution in [2.24, 2.45) is 5.92 Å². The number of hydrogen-bond acceptors (Lipinski definition) is 4. The third-order valence-corrected chi connectivity index (χ3v) is 4.88. The number of rotatable bonds is 3. The van der Waals surface area contributed by atoms with Gasteiger partial charge in [-0.05, 0) is 37.3 Å². The van der Waals surface area contributed by atoms with Crippen LogP contribution in [0.4, 0.5) is 0 Å². The summed E-state index contributed by atoms with van der Waals surface area (Å²) in [6, 6.07) is 6.23. The van der Waals surface area contributed by atoms with Crippen LogP contribution >= 0.6 is 0 Å². The molecule has 0 spiro atoms. The molecule has 0 N–H and O–H groups in total. The Bertz CT molecular complexity index is 792. The van der Waals surface area contributed by atoms with Crippen LogP contribution in [0.2, 0.25) is 0 Å². The molecule has 2 aliphatic rings. The molecule has 0 amide bonds. The van der Waals surface area contributed by atoms with Crippen LogP contribution in [0.15, 0.2) is 16.5 Å². The second-order valence-electron chi connectivity index (χ2n) is 6.63. The molecule has 23 heavy (non-hydrogen) atoms. The van der Waals surface area contributed by atoms with Gasteiger partial charge in [0.05, 0.1) is 0 Å². The monoisotopic (exact) mass is 308 g/mol. The molecule has 2 aromatic heterocycles. The Morgan fingerprint density at radius 2 is 2.22 bits per heavy atom. The zero-order valence-electron chi connectivity index (χ0n) is 13.3. The molecule has 4 rings (SSSR count). The van der Waals surface area contributed by atoms with Gasteiger partial charge in [0.2, 0.25) is 0 Å². The maximum Gasteiger partial charge on any atom is 0.174 e. The lowest BCUT2D eigenvalue weighted by atomic mass is 10.2. The molecule has 3 heterocycles. The Labute approximate surface area is 135 Å². The molecule has 0 bridgehead atoms. The molecular weight excluding hydrogens is 288 g/mol. The van der Waals surface area contributed by atoms with Crippen molar-refractivity contribution in [2.45, 2.75) is 51.5 Å². The molecular formula is C18H20N4O. The van der Waals surface area contributed by atoms with E-state index in [0.717, 1.165) is 43.2 Å². The van der Waals surface area contributed by atoms with E-state index in [1.54, 1.807) is 6.08 Å². The third-order valence-electron chi connectivity index (χ3n) is 4.88. The fourth-order valence-corrected chi connectivity index (χ4v) is 3.34. The highest BCUT2D eigenvalue weighted by atomic mass is 16.3. The zero-order valence-corrected chi connectivity index (χ0v) is 13.3. The summed E-state index contributed by atoms with van der Waals surface area (Å²) < 4.78 is 7.98. The predicted molar refractivity (Wildman–Crippen MR) is 86.3 cm³/mol. The van der Waals surface area contributed by atoms with E-state index < -0.39 is 0 Å². The van der Waals surface area contributed by atoms with E-state index in [4.69, 9.17) is 4.42 Å². The second kappa shape index (κ2) is 5.69. The molecule has 2 aromatic rings. The van der Waals surface area contributed by atoms with Crippen LogP contribution in [0, 0.1) is 17.2 Å². The minimum absolute atomic E-state index is 0.524. The first-order chi connectivity index (χ1) is 11.3. The highest BCUT2D eigenvalue weighted by Gasteiger charge is 2.36. The Morgan fingerprint density at radius 3 is 3.00 bits per heavy atom. The summed E-state index contributed by atoms with van der Waals surface area (Å²) in [5, 5.41) is 18.1. The lowest BCUT2D eigenvalue weighted by Crippen LogP contribution is -2.05. The first-order valence-corrected chi connectivity index (χ1v) is 8.40. The van der Waals surface area contributed by atoms with Crippen molar-refractivity contribution in [1.82, 2.24) is 14.8 Å². The molecule has 5 nitrogen and oxygen atoms in total. The van der Waals surface area contributed by atoms with Gasteiger partial charge in [0, 0.05) is 25.0 Å². The largest absolute Gasteiger partial charge is 0.461 e. The van der Waals surface area contributed by atoms with Gasteiger partial charge in [-0.3, -0.25) is 0 Å². The van der Waals surface area contributed by atoms with Crippen LogP contribution < -0.4 is 0 Å². The average Bonchev–Trinajstić information content (AvgIpc) is 3.00. The van der Waals surface area contributed by atoms with Crippen LogP contribution in [-0.2, 0) is 13.0 Å². The van der Waals surface area contributed by atoms with Crippen molar-refractivity contribution >= 4 is 11.6 Å². The number of fused-ring (bicyclic) bond motifs is 1. The number of allylic oxidation sites excluding steroid dienone is 1. The zero-order chi connectivity index (χ0) is 15.8. The summed E-state index contributed by atoms with van der Waals surface area (Å²) in [5.41, 5.74) is 0.524. The smallest absolute Gasteiger partial charge is 0.174 e. The molecule has 1 aliphatic carbocycles. The number of furan rings is 1. The third kappa shape index (κ3) is 2.70. The van der Waals surface area contributed by atoms with Crippen molar-refractivity contribution in [3.63, 3.8) is 0 Å². The van der Waals surface area contributed by atoms with Crippen molar-refractivity contribution in [1.29, 1.82) is 5.26 Å². The lowest BCUT2D eigenvalue weighted by Gasteiger charge is -2.05. The summed E-state index contributed by atoms with van der Waals surface area (Å²) in [4.78, 5) is 0. The first kappa shape index (κ1) is 14.3. The van der Waals surface area contributed by atoms with E-state index >= 15 is 0 Å². The fraction of sp³-hybridized carbons (Fsp3) is 0.500.